The first-order valence-electron chi connectivity index (χ1n) is 9.76. The van der Waals surface area contributed by atoms with Gasteiger partial charge in [-0.25, -0.2) is 19.3 Å². The van der Waals surface area contributed by atoms with E-state index in [1.807, 2.05) is 19.9 Å². The van der Waals surface area contributed by atoms with Crippen LogP contribution in [0, 0.1) is 12.7 Å². The summed E-state index contributed by atoms with van der Waals surface area (Å²) < 4.78 is 14.6. The van der Waals surface area contributed by atoms with Crippen LogP contribution in [0.5, 0.6) is 0 Å². The van der Waals surface area contributed by atoms with Crippen LogP contribution in [0.4, 0.5) is 10.2 Å². The second-order valence-electron chi connectivity index (χ2n) is 7.11. The Bertz CT molecular complexity index is 1260. The van der Waals surface area contributed by atoms with Crippen LogP contribution in [0.3, 0.4) is 0 Å². The zero-order valence-corrected chi connectivity index (χ0v) is 19.6. The van der Waals surface area contributed by atoms with E-state index in [1.165, 1.54) is 31.7 Å². The molecule has 4 rings (SSSR count). The third kappa shape index (κ3) is 4.71. The molecule has 0 aliphatic rings. The lowest BCUT2D eigenvalue weighted by Gasteiger charge is -2.17. The second-order valence-corrected chi connectivity index (χ2v) is 8.35. The first-order valence-corrected chi connectivity index (χ1v) is 10.6. The molecule has 32 heavy (non-hydrogen) atoms. The number of nitrogens with one attached hydrogen (secondary N) is 2. The van der Waals surface area contributed by atoms with Crippen LogP contribution in [0.15, 0.2) is 43.0 Å². The lowest BCUT2D eigenvalue weighted by Crippen LogP contribution is -2.19. The molecule has 0 unspecified atom stereocenters. The van der Waals surface area contributed by atoms with Gasteiger partial charge in [-0.2, -0.15) is 13.5 Å². The SMILES string of the molecule is CNC(=O)c1ccnc2c([C@H](C)CNc3cc(-c4cnc(C)s4)ncn3)ccc(F)c12.S. The van der Waals surface area contributed by atoms with Gasteiger partial charge in [-0.1, -0.05) is 13.0 Å². The number of carbonyl (C=O) groups is 1. The molecule has 0 spiro atoms. The van der Waals surface area contributed by atoms with Crippen LogP contribution in [0.2, 0.25) is 0 Å². The Hall–Kier alpha value is -3.11. The standard InChI is InChI=1S/C22H21FN6OS.H2S/c1-12(9-27-19-8-17(28-11-29-19)18-10-26-13(2)31-18)14-4-5-16(23)20-15(22(30)24-3)6-7-25-21(14)20;/h4-8,10-12H,9H2,1-3H3,(H,24,30)(H,27,28,29);1H2/t12-;/m1./s1. The van der Waals surface area contributed by atoms with Gasteiger partial charge in [0.2, 0.25) is 0 Å². The number of pyridine rings is 1. The van der Waals surface area contributed by atoms with Crippen LogP contribution in [0.1, 0.15) is 33.8 Å². The van der Waals surface area contributed by atoms with Gasteiger partial charge in [0.05, 0.1) is 26.7 Å². The van der Waals surface area contributed by atoms with Crippen LogP contribution in [-0.2, 0) is 0 Å². The number of rotatable bonds is 6. The highest BCUT2D eigenvalue weighted by Crippen LogP contribution is 2.29. The van der Waals surface area contributed by atoms with Crippen molar-refractivity contribution in [1.82, 2.24) is 25.3 Å². The van der Waals surface area contributed by atoms with Crippen molar-refractivity contribution in [2.24, 2.45) is 0 Å². The van der Waals surface area contributed by atoms with Crippen LogP contribution >= 0.6 is 24.8 Å². The normalized spacial score (nSPS) is 11.6. The lowest BCUT2D eigenvalue weighted by atomic mass is 9.95. The average molecular weight is 471 g/mol. The third-order valence-corrected chi connectivity index (χ3v) is 5.94. The number of amides is 1. The van der Waals surface area contributed by atoms with Gasteiger partial charge in [-0.05, 0) is 24.6 Å². The molecular formula is C22H23FN6OS2. The molecule has 0 aliphatic carbocycles. The van der Waals surface area contributed by atoms with E-state index in [4.69, 9.17) is 0 Å². The molecule has 10 heteroatoms. The Balaban J connectivity index is 0.00000289. The quantitative estimate of drug-likeness (QED) is 0.437. The van der Waals surface area contributed by atoms with Crippen LogP contribution < -0.4 is 10.6 Å². The minimum atomic E-state index is -0.467. The van der Waals surface area contributed by atoms with E-state index in [9.17, 15) is 9.18 Å². The molecule has 0 fully saturated rings. The Labute approximate surface area is 196 Å². The van der Waals surface area contributed by atoms with Crippen molar-refractivity contribution in [3.05, 3.63) is 64.9 Å². The number of carbonyl (C=O) groups excluding carboxylic acids is 1. The summed E-state index contributed by atoms with van der Waals surface area (Å²) in [6, 6.07) is 6.51. The molecule has 3 aromatic heterocycles. The third-order valence-electron chi connectivity index (χ3n) is 5.01. The highest BCUT2D eigenvalue weighted by atomic mass is 32.1. The fourth-order valence-corrected chi connectivity index (χ4v) is 4.15. The van der Waals surface area contributed by atoms with Gasteiger partial charge < -0.3 is 10.6 Å². The lowest BCUT2D eigenvalue weighted by molar-refractivity contribution is 0.0964. The summed E-state index contributed by atoms with van der Waals surface area (Å²) in [5, 5.41) is 7.08. The number of aryl methyl sites for hydroxylation is 1. The number of halogens is 1. The first kappa shape index (κ1) is 23.6. The van der Waals surface area contributed by atoms with Crippen molar-refractivity contribution in [2.45, 2.75) is 19.8 Å². The van der Waals surface area contributed by atoms with Gasteiger partial charge in [0.25, 0.3) is 5.91 Å². The van der Waals surface area contributed by atoms with E-state index >= 15 is 0 Å². The minimum absolute atomic E-state index is 0. The summed E-state index contributed by atoms with van der Waals surface area (Å²) in [5.41, 5.74) is 2.41. The number of nitrogens with zero attached hydrogens (tertiary/aromatic N) is 4. The van der Waals surface area contributed by atoms with Gasteiger partial charge in [-0.3, -0.25) is 9.78 Å². The zero-order valence-electron chi connectivity index (χ0n) is 17.8. The molecule has 3 heterocycles. The molecule has 7 nitrogen and oxygen atoms in total. The molecule has 0 radical (unpaired) electrons. The van der Waals surface area contributed by atoms with Crippen molar-refractivity contribution in [3.63, 3.8) is 0 Å². The smallest absolute Gasteiger partial charge is 0.251 e. The Morgan fingerprint density at radius 1 is 1.19 bits per heavy atom. The molecule has 0 aliphatic heterocycles. The van der Waals surface area contributed by atoms with E-state index in [0.29, 0.717) is 17.9 Å². The number of thiazole rings is 1. The Morgan fingerprint density at radius 3 is 2.72 bits per heavy atom. The minimum Gasteiger partial charge on any atom is -0.369 e. The van der Waals surface area contributed by atoms with Crippen LogP contribution in [-0.4, -0.2) is 39.4 Å². The summed E-state index contributed by atoms with van der Waals surface area (Å²) >= 11 is 1.57. The van der Waals surface area contributed by atoms with Crippen LogP contribution in [0.25, 0.3) is 21.5 Å². The topological polar surface area (TPSA) is 92.7 Å². The predicted octanol–water partition coefficient (Wildman–Crippen LogP) is 4.28. The average Bonchev–Trinajstić information content (AvgIpc) is 3.23. The molecule has 1 atom stereocenters. The molecule has 0 saturated carbocycles. The molecule has 1 amide bonds. The van der Waals surface area contributed by atoms with Gasteiger partial charge in [-0.15, -0.1) is 11.3 Å². The summed E-state index contributed by atoms with van der Waals surface area (Å²) in [4.78, 5) is 30.4. The molecule has 4 aromatic rings. The summed E-state index contributed by atoms with van der Waals surface area (Å²) in [6.45, 7) is 4.51. The van der Waals surface area contributed by atoms with Crippen molar-refractivity contribution >= 4 is 47.5 Å². The highest BCUT2D eigenvalue weighted by molar-refractivity contribution is 7.59. The Kier molecular flexibility index (Phi) is 7.37. The van der Waals surface area contributed by atoms with Crippen molar-refractivity contribution in [1.29, 1.82) is 0 Å². The fourth-order valence-electron chi connectivity index (χ4n) is 3.41. The fraction of sp³-hybridized carbons (Fsp3) is 0.227. The van der Waals surface area contributed by atoms with Crippen molar-refractivity contribution < 1.29 is 9.18 Å². The number of hydrogen-bond acceptors (Lipinski definition) is 7. The molecule has 0 bridgehead atoms. The van der Waals surface area contributed by atoms with Gasteiger partial charge in [0, 0.05) is 43.4 Å². The molecule has 0 saturated heterocycles. The molecular weight excluding hydrogens is 447 g/mol. The Morgan fingerprint density at radius 2 is 2.00 bits per heavy atom. The first-order chi connectivity index (χ1) is 15.0. The highest BCUT2D eigenvalue weighted by Gasteiger charge is 2.18. The number of fused-ring (bicyclic) bond motifs is 1. The maximum atomic E-state index is 14.6. The van der Waals surface area contributed by atoms with Gasteiger partial charge in [0.15, 0.2) is 0 Å². The number of hydrogen-bond donors (Lipinski definition) is 2. The summed E-state index contributed by atoms with van der Waals surface area (Å²) in [5.74, 6) is -0.139. The molecule has 1 aromatic carbocycles. The largest absolute Gasteiger partial charge is 0.369 e. The van der Waals surface area contributed by atoms with E-state index < -0.39 is 5.82 Å². The van der Waals surface area contributed by atoms with E-state index in [2.05, 4.69) is 30.6 Å². The maximum absolute atomic E-state index is 14.6. The van der Waals surface area contributed by atoms with E-state index in [0.717, 1.165) is 21.1 Å². The second kappa shape index (κ2) is 10.0. The van der Waals surface area contributed by atoms with Crippen molar-refractivity contribution in [2.75, 3.05) is 18.9 Å². The zero-order chi connectivity index (χ0) is 22.0. The van der Waals surface area contributed by atoms with Crippen molar-refractivity contribution in [3.8, 4) is 10.6 Å². The monoisotopic (exact) mass is 470 g/mol. The van der Waals surface area contributed by atoms with E-state index in [-0.39, 0.29) is 36.3 Å². The van der Waals surface area contributed by atoms with Gasteiger partial charge in [0.1, 0.15) is 18.0 Å². The number of anilines is 1. The van der Waals surface area contributed by atoms with E-state index in [1.54, 1.807) is 23.6 Å². The molecule has 166 valence electrons. The summed E-state index contributed by atoms with van der Waals surface area (Å²) in [6.07, 6.45) is 4.85. The summed E-state index contributed by atoms with van der Waals surface area (Å²) in [7, 11) is 1.52. The number of benzene rings is 1. The van der Waals surface area contributed by atoms with Gasteiger partial charge >= 0.3 is 0 Å². The predicted molar refractivity (Wildman–Crippen MR) is 130 cm³/mol. The number of aromatic nitrogens is 4. The maximum Gasteiger partial charge on any atom is 0.251 e. The molecule has 2 N–H and O–H groups in total.